The van der Waals surface area contributed by atoms with Gasteiger partial charge in [-0.05, 0) is 32.5 Å². The van der Waals surface area contributed by atoms with Gasteiger partial charge in [-0.2, -0.15) is 0 Å². The van der Waals surface area contributed by atoms with E-state index in [2.05, 4.69) is 0 Å². The second-order valence-electron chi connectivity index (χ2n) is 4.56. The molecule has 1 aromatic carbocycles. The molecular weight excluding hydrogens is 258 g/mol. The van der Waals surface area contributed by atoms with Crippen molar-refractivity contribution in [3.05, 3.63) is 24.3 Å². The molecule has 1 N–H and O–H groups in total. The van der Waals surface area contributed by atoms with Crippen molar-refractivity contribution in [1.82, 2.24) is 4.90 Å². The van der Waals surface area contributed by atoms with Gasteiger partial charge in [0.2, 0.25) is 0 Å². The number of carboxylic acids is 1. The van der Waals surface area contributed by atoms with E-state index in [0.29, 0.717) is 19.8 Å². The lowest BCUT2D eigenvalue weighted by atomic mass is 10.3. The molecule has 0 aliphatic heterocycles. The monoisotopic (exact) mass is 281 g/mol. The summed E-state index contributed by atoms with van der Waals surface area (Å²) in [5, 5.41) is 8.59. The van der Waals surface area contributed by atoms with Crippen LogP contribution in [0.4, 0.5) is 0 Å². The summed E-state index contributed by atoms with van der Waals surface area (Å²) in [6, 6.07) is 7.57. The zero-order chi connectivity index (χ0) is 14.8. The largest absolute Gasteiger partial charge is 0.494 e. The molecule has 0 atom stereocenters. The Morgan fingerprint density at radius 2 is 1.95 bits per heavy atom. The molecular formula is C15H23NO4. The number of hydrogen-bond acceptors (Lipinski definition) is 4. The third-order valence-corrected chi connectivity index (χ3v) is 2.78. The predicted molar refractivity (Wildman–Crippen MR) is 77.5 cm³/mol. The lowest BCUT2D eigenvalue weighted by molar-refractivity contribution is -0.137. The minimum Gasteiger partial charge on any atom is -0.494 e. The Morgan fingerprint density at radius 1 is 1.25 bits per heavy atom. The molecule has 0 radical (unpaired) electrons. The Bertz CT molecular complexity index is 409. The Hall–Kier alpha value is -1.75. The highest BCUT2D eigenvalue weighted by molar-refractivity contribution is 5.66. The van der Waals surface area contributed by atoms with Gasteiger partial charge < -0.3 is 19.5 Å². The molecule has 0 unspecified atom stereocenters. The van der Waals surface area contributed by atoms with Crippen molar-refractivity contribution in [2.45, 2.75) is 19.8 Å². The van der Waals surface area contributed by atoms with Gasteiger partial charge in [0.05, 0.1) is 19.6 Å². The molecule has 0 aromatic heterocycles. The van der Waals surface area contributed by atoms with Gasteiger partial charge in [-0.1, -0.05) is 6.07 Å². The van der Waals surface area contributed by atoms with Crippen LogP contribution in [0.25, 0.3) is 0 Å². The van der Waals surface area contributed by atoms with Crippen LogP contribution >= 0.6 is 0 Å². The molecule has 0 fully saturated rings. The summed E-state index contributed by atoms with van der Waals surface area (Å²) in [5.41, 5.74) is 0. The molecule has 0 spiro atoms. The maximum absolute atomic E-state index is 10.4. The van der Waals surface area contributed by atoms with E-state index >= 15 is 0 Å². The van der Waals surface area contributed by atoms with E-state index < -0.39 is 5.97 Å². The van der Waals surface area contributed by atoms with Gasteiger partial charge in [-0.25, -0.2) is 0 Å². The fraction of sp³-hybridized carbons (Fsp3) is 0.533. The molecule has 0 aliphatic carbocycles. The van der Waals surface area contributed by atoms with E-state index in [-0.39, 0.29) is 6.42 Å². The Labute approximate surface area is 120 Å². The molecule has 5 heteroatoms. The van der Waals surface area contributed by atoms with Crippen LogP contribution in [0, 0.1) is 0 Å². The summed E-state index contributed by atoms with van der Waals surface area (Å²) in [5.74, 6) is 0.841. The van der Waals surface area contributed by atoms with E-state index in [0.717, 1.165) is 24.5 Å². The van der Waals surface area contributed by atoms with Crippen molar-refractivity contribution >= 4 is 5.97 Å². The highest BCUT2D eigenvalue weighted by atomic mass is 16.5. The molecule has 1 aromatic rings. The smallest absolute Gasteiger partial charge is 0.304 e. The summed E-state index contributed by atoms with van der Waals surface area (Å²) >= 11 is 0. The lowest BCUT2D eigenvalue weighted by Gasteiger charge is -2.15. The first-order valence-electron chi connectivity index (χ1n) is 6.88. The van der Waals surface area contributed by atoms with Crippen LogP contribution in [0.15, 0.2) is 24.3 Å². The van der Waals surface area contributed by atoms with Gasteiger partial charge in [0.15, 0.2) is 0 Å². The summed E-state index contributed by atoms with van der Waals surface area (Å²) in [7, 11) is 1.92. The van der Waals surface area contributed by atoms with E-state index in [1.807, 2.05) is 43.1 Å². The topological polar surface area (TPSA) is 59.0 Å². The number of aliphatic carboxylic acids is 1. The number of benzene rings is 1. The van der Waals surface area contributed by atoms with Crippen LogP contribution in [0.2, 0.25) is 0 Å². The SMILES string of the molecule is CCOc1cccc(OCCCN(C)CCC(=O)O)c1. The fourth-order valence-electron chi connectivity index (χ4n) is 1.74. The molecule has 0 saturated heterocycles. The number of rotatable bonds is 10. The van der Waals surface area contributed by atoms with Crippen LogP contribution < -0.4 is 9.47 Å². The third kappa shape index (κ3) is 6.99. The van der Waals surface area contributed by atoms with Crippen LogP contribution in [0.3, 0.4) is 0 Å². The zero-order valence-electron chi connectivity index (χ0n) is 12.2. The summed E-state index contributed by atoms with van der Waals surface area (Å²) in [4.78, 5) is 12.4. The van der Waals surface area contributed by atoms with Crippen molar-refractivity contribution in [2.75, 3.05) is 33.4 Å². The maximum atomic E-state index is 10.4. The number of carbonyl (C=O) groups is 1. The van der Waals surface area contributed by atoms with Gasteiger partial charge in [0, 0.05) is 19.2 Å². The average Bonchev–Trinajstić information content (AvgIpc) is 2.42. The molecule has 0 saturated carbocycles. The predicted octanol–water partition coefficient (Wildman–Crippen LogP) is 2.26. The molecule has 0 aliphatic rings. The quantitative estimate of drug-likeness (QED) is 0.667. The second kappa shape index (κ2) is 9.20. The average molecular weight is 281 g/mol. The van der Waals surface area contributed by atoms with Gasteiger partial charge in [0.25, 0.3) is 0 Å². The minimum atomic E-state index is -0.763. The van der Waals surface area contributed by atoms with E-state index in [1.165, 1.54) is 0 Å². The first kappa shape index (κ1) is 16.3. The van der Waals surface area contributed by atoms with Gasteiger partial charge in [-0.3, -0.25) is 4.79 Å². The number of carboxylic acid groups (broad SMARTS) is 1. The third-order valence-electron chi connectivity index (χ3n) is 2.78. The minimum absolute atomic E-state index is 0.174. The number of nitrogens with zero attached hydrogens (tertiary/aromatic N) is 1. The molecule has 112 valence electrons. The van der Waals surface area contributed by atoms with E-state index in [9.17, 15) is 4.79 Å². The summed E-state index contributed by atoms with van der Waals surface area (Å²) < 4.78 is 11.0. The van der Waals surface area contributed by atoms with Gasteiger partial charge in [0.1, 0.15) is 11.5 Å². The molecule has 0 bridgehead atoms. The van der Waals surface area contributed by atoms with Gasteiger partial charge >= 0.3 is 5.97 Å². The second-order valence-corrected chi connectivity index (χ2v) is 4.56. The van der Waals surface area contributed by atoms with Crippen molar-refractivity contribution < 1.29 is 19.4 Å². The van der Waals surface area contributed by atoms with Crippen LogP contribution in [-0.4, -0.2) is 49.3 Å². The lowest BCUT2D eigenvalue weighted by Crippen LogP contribution is -2.24. The van der Waals surface area contributed by atoms with E-state index in [4.69, 9.17) is 14.6 Å². The maximum Gasteiger partial charge on any atom is 0.304 e. The normalized spacial score (nSPS) is 10.6. The molecule has 5 nitrogen and oxygen atoms in total. The fourth-order valence-corrected chi connectivity index (χ4v) is 1.74. The molecule has 20 heavy (non-hydrogen) atoms. The summed E-state index contributed by atoms with van der Waals surface area (Å²) in [6.07, 6.45) is 1.03. The van der Waals surface area contributed by atoms with E-state index in [1.54, 1.807) is 0 Å². The van der Waals surface area contributed by atoms with Crippen LogP contribution in [-0.2, 0) is 4.79 Å². The van der Waals surface area contributed by atoms with Crippen LogP contribution in [0.1, 0.15) is 19.8 Å². The molecule has 0 heterocycles. The summed E-state index contributed by atoms with van der Waals surface area (Å²) in [6.45, 7) is 4.57. The van der Waals surface area contributed by atoms with Crippen molar-refractivity contribution in [2.24, 2.45) is 0 Å². The molecule has 0 amide bonds. The Balaban J connectivity index is 2.20. The van der Waals surface area contributed by atoms with Crippen molar-refractivity contribution in [3.8, 4) is 11.5 Å². The standard InChI is InChI=1S/C15H23NO4/c1-3-19-13-6-4-7-14(12-13)20-11-5-9-16(2)10-8-15(17)18/h4,6-7,12H,3,5,8-11H2,1-2H3,(H,17,18). The Morgan fingerprint density at radius 3 is 2.60 bits per heavy atom. The van der Waals surface area contributed by atoms with Crippen molar-refractivity contribution in [1.29, 1.82) is 0 Å². The molecule has 1 rings (SSSR count). The van der Waals surface area contributed by atoms with Gasteiger partial charge in [-0.15, -0.1) is 0 Å². The first-order valence-corrected chi connectivity index (χ1v) is 6.88. The first-order chi connectivity index (χ1) is 9.61. The highest BCUT2D eigenvalue weighted by Crippen LogP contribution is 2.19. The Kier molecular flexibility index (Phi) is 7.50. The van der Waals surface area contributed by atoms with Crippen LogP contribution in [0.5, 0.6) is 11.5 Å². The van der Waals surface area contributed by atoms with Crippen molar-refractivity contribution in [3.63, 3.8) is 0 Å². The highest BCUT2D eigenvalue weighted by Gasteiger charge is 2.02. The number of ether oxygens (including phenoxy) is 2. The zero-order valence-corrected chi connectivity index (χ0v) is 12.2. The number of hydrogen-bond donors (Lipinski definition) is 1.